The predicted molar refractivity (Wildman–Crippen MR) is 113 cm³/mol. The van der Waals surface area contributed by atoms with E-state index in [1.807, 2.05) is 36.4 Å². The molecule has 2 aliphatic heterocycles. The average Bonchev–Trinajstić information content (AvgIpc) is 3.27. The van der Waals surface area contributed by atoms with Crippen molar-refractivity contribution in [2.75, 3.05) is 53.7 Å². The summed E-state index contributed by atoms with van der Waals surface area (Å²) in [5.74, 6) is 2.16. The Kier molecular flexibility index (Phi) is 6.40. The Labute approximate surface area is 176 Å². The third-order valence-corrected chi connectivity index (χ3v) is 5.69. The second kappa shape index (κ2) is 9.36. The van der Waals surface area contributed by atoms with Crippen LogP contribution < -0.4 is 19.5 Å². The molecule has 160 valence electrons. The summed E-state index contributed by atoms with van der Waals surface area (Å²) in [5.41, 5.74) is 2.82. The number of fused-ring (bicyclic) bond motifs is 1. The maximum Gasteiger partial charge on any atom is 0.251 e. The van der Waals surface area contributed by atoms with Crippen LogP contribution in [0.4, 0.5) is 0 Å². The van der Waals surface area contributed by atoms with Crippen LogP contribution in [0.15, 0.2) is 36.4 Å². The van der Waals surface area contributed by atoms with Crippen LogP contribution >= 0.6 is 0 Å². The van der Waals surface area contributed by atoms with Gasteiger partial charge in [0.25, 0.3) is 5.91 Å². The number of amides is 1. The molecule has 1 atom stereocenters. The fraction of sp³-hybridized carbons (Fsp3) is 0.435. The number of nitrogens with zero attached hydrogens (tertiary/aromatic N) is 1. The maximum atomic E-state index is 12.8. The Hall–Kier alpha value is -2.77. The first-order chi connectivity index (χ1) is 14.7. The van der Waals surface area contributed by atoms with E-state index in [2.05, 4.69) is 10.2 Å². The van der Waals surface area contributed by atoms with Gasteiger partial charge in [0.05, 0.1) is 40.1 Å². The molecule has 1 amide bonds. The molecule has 0 spiro atoms. The van der Waals surface area contributed by atoms with Crippen molar-refractivity contribution in [2.24, 2.45) is 0 Å². The summed E-state index contributed by atoms with van der Waals surface area (Å²) < 4.78 is 21.9. The highest BCUT2D eigenvalue weighted by Gasteiger charge is 2.25. The summed E-state index contributed by atoms with van der Waals surface area (Å²) in [6.07, 6.45) is 0.846. The third-order valence-electron chi connectivity index (χ3n) is 5.69. The van der Waals surface area contributed by atoms with E-state index in [0.717, 1.165) is 36.4 Å². The highest BCUT2D eigenvalue weighted by Crippen LogP contribution is 2.32. The zero-order valence-corrected chi connectivity index (χ0v) is 17.5. The van der Waals surface area contributed by atoms with Crippen LogP contribution in [0, 0.1) is 0 Å². The zero-order chi connectivity index (χ0) is 20.9. The second-order valence-electron chi connectivity index (χ2n) is 7.41. The highest BCUT2D eigenvalue weighted by molar-refractivity contribution is 5.94. The van der Waals surface area contributed by atoms with E-state index in [1.54, 1.807) is 14.2 Å². The number of methoxy groups -OCH3 is 2. The average molecular weight is 412 g/mol. The fourth-order valence-electron chi connectivity index (χ4n) is 4.03. The van der Waals surface area contributed by atoms with Gasteiger partial charge >= 0.3 is 0 Å². The molecule has 0 bridgehead atoms. The lowest BCUT2D eigenvalue weighted by atomic mass is 10.0. The summed E-state index contributed by atoms with van der Waals surface area (Å²) in [6, 6.07) is 11.6. The highest BCUT2D eigenvalue weighted by atomic mass is 16.5. The molecule has 0 radical (unpaired) electrons. The molecule has 30 heavy (non-hydrogen) atoms. The molecular weight excluding hydrogens is 384 g/mol. The summed E-state index contributed by atoms with van der Waals surface area (Å²) in [7, 11) is 3.25. The van der Waals surface area contributed by atoms with Gasteiger partial charge < -0.3 is 24.3 Å². The molecule has 7 nitrogen and oxygen atoms in total. The third kappa shape index (κ3) is 4.37. The summed E-state index contributed by atoms with van der Waals surface area (Å²) in [4.78, 5) is 15.2. The first-order valence-electron chi connectivity index (χ1n) is 10.3. The Morgan fingerprint density at radius 2 is 1.87 bits per heavy atom. The van der Waals surface area contributed by atoms with Gasteiger partial charge in [-0.1, -0.05) is 6.07 Å². The van der Waals surface area contributed by atoms with Crippen LogP contribution in [0.25, 0.3) is 0 Å². The van der Waals surface area contributed by atoms with Gasteiger partial charge in [-0.2, -0.15) is 0 Å². The van der Waals surface area contributed by atoms with Crippen molar-refractivity contribution in [3.63, 3.8) is 0 Å². The van der Waals surface area contributed by atoms with Crippen LogP contribution in [0.5, 0.6) is 17.2 Å². The minimum atomic E-state index is -0.0802. The van der Waals surface area contributed by atoms with Crippen LogP contribution in [0.1, 0.15) is 27.5 Å². The molecule has 0 saturated carbocycles. The molecule has 1 unspecified atom stereocenters. The van der Waals surface area contributed by atoms with Gasteiger partial charge in [-0.05, 0) is 41.5 Å². The Bertz CT molecular complexity index is 895. The lowest BCUT2D eigenvalue weighted by molar-refractivity contribution is 0.0162. The molecule has 4 rings (SSSR count). The lowest BCUT2D eigenvalue weighted by Gasteiger charge is -2.35. The maximum absolute atomic E-state index is 12.8. The van der Waals surface area contributed by atoms with E-state index >= 15 is 0 Å². The van der Waals surface area contributed by atoms with Crippen LogP contribution in [-0.4, -0.2) is 64.5 Å². The largest absolute Gasteiger partial charge is 0.493 e. The molecule has 2 aromatic rings. The second-order valence-corrected chi connectivity index (χ2v) is 7.41. The molecule has 1 saturated heterocycles. The molecular formula is C23H28N2O5. The molecule has 2 aromatic carbocycles. The number of hydrogen-bond acceptors (Lipinski definition) is 6. The van der Waals surface area contributed by atoms with Crippen LogP contribution in [0.2, 0.25) is 0 Å². The number of rotatable bonds is 7. The number of hydrogen-bond donors (Lipinski definition) is 1. The van der Waals surface area contributed by atoms with E-state index in [1.165, 1.54) is 0 Å². The van der Waals surface area contributed by atoms with E-state index in [-0.39, 0.29) is 11.9 Å². The number of carbonyl (C=O) groups is 1. The normalized spacial score (nSPS) is 17.0. The molecule has 1 fully saturated rings. The molecule has 0 aliphatic carbocycles. The molecule has 2 heterocycles. The Morgan fingerprint density at radius 3 is 2.63 bits per heavy atom. The molecule has 1 N–H and O–H groups in total. The van der Waals surface area contributed by atoms with Crippen molar-refractivity contribution in [3.8, 4) is 17.2 Å². The van der Waals surface area contributed by atoms with Crippen molar-refractivity contribution >= 4 is 5.91 Å². The van der Waals surface area contributed by atoms with Crippen LogP contribution in [-0.2, 0) is 11.2 Å². The van der Waals surface area contributed by atoms with Gasteiger partial charge in [0.1, 0.15) is 5.75 Å². The fourth-order valence-corrected chi connectivity index (χ4v) is 4.03. The van der Waals surface area contributed by atoms with Crippen molar-refractivity contribution < 1.29 is 23.7 Å². The van der Waals surface area contributed by atoms with Gasteiger partial charge in [0.2, 0.25) is 0 Å². The summed E-state index contributed by atoms with van der Waals surface area (Å²) >= 11 is 0. The van der Waals surface area contributed by atoms with Gasteiger partial charge in [0, 0.05) is 31.6 Å². The lowest BCUT2D eigenvalue weighted by Crippen LogP contribution is -2.43. The molecule has 2 aliphatic rings. The van der Waals surface area contributed by atoms with E-state index in [0.29, 0.717) is 43.4 Å². The van der Waals surface area contributed by atoms with E-state index in [9.17, 15) is 4.79 Å². The number of benzene rings is 2. The smallest absolute Gasteiger partial charge is 0.251 e. The number of ether oxygens (including phenoxy) is 4. The van der Waals surface area contributed by atoms with Gasteiger partial charge in [0.15, 0.2) is 11.5 Å². The number of carbonyl (C=O) groups excluding carboxylic acids is 1. The monoisotopic (exact) mass is 412 g/mol. The molecule has 0 aromatic heterocycles. The number of nitrogens with one attached hydrogen (secondary N) is 1. The Morgan fingerprint density at radius 1 is 1.07 bits per heavy atom. The SMILES string of the molecule is COc1ccc(C(CNC(=O)c2ccc3c(c2)CCO3)N2CCOCC2)cc1OC. The molecule has 7 heteroatoms. The first-order valence-corrected chi connectivity index (χ1v) is 10.3. The van der Waals surface area contributed by atoms with Crippen molar-refractivity contribution in [3.05, 3.63) is 53.1 Å². The first kappa shape index (κ1) is 20.5. The van der Waals surface area contributed by atoms with Crippen molar-refractivity contribution in [1.82, 2.24) is 10.2 Å². The Balaban J connectivity index is 1.52. The summed E-state index contributed by atoms with van der Waals surface area (Å²) in [5, 5.41) is 3.12. The summed E-state index contributed by atoms with van der Waals surface area (Å²) in [6.45, 7) is 4.15. The van der Waals surface area contributed by atoms with Crippen LogP contribution in [0.3, 0.4) is 0 Å². The van der Waals surface area contributed by atoms with Crippen molar-refractivity contribution in [1.29, 1.82) is 0 Å². The van der Waals surface area contributed by atoms with Crippen molar-refractivity contribution in [2.45, 2.75) is 12.5 Å². The van der Waals surface area contributed by atoms with Gasteiger partial charge in [-0.3, -0.25) is 9.69 Å². The van der Waals surface area contributed by atoms with E-state index in [4.69, 9.17) is 18.9 Å². The quantitative estimate of drug-likeness (QED) is 0.753. The number of morpholine rings is 1. The standard InChI is InChI=1S/C23H28N2O5/c1-27-21-6-3-16(14-22(21)28-2)19(25-8-11-29-12-9-25)15-24-23(26)18-4-5-20-17(13-18)7-10-30-20/h3-6,13-14,19H,7-12,15H2,1-2H3,(H,24,26). The predicted octanol–water partition coefficient (Wildman–Crippen LogP) is 2.44. The minimum Gasteiger partial charge on any atom is -0.493 e. The van der Waals surface area contributed by atoms with Gasteiger partial charge in [-0.25, -0.2) is 0 Å². The topological polar surface area (TPSA) is 69.3 Å². The van der Waals surface area contributed by atoms with E-state index < -0.39 is 0 Å². The zero-order valence-electron chi connectivity index (χ0n) is 17.5. The van der Waals surface area contributed by atoms with Gasteiger partial charge in [-0.15, -0.1) is 0 Å². The minimum absolute atomic E-state index is 0.00965.